The normalized spacial score (nSPS) is 23.8. The molecule has 2 aliphatic heterocycles. The summed E-state index contributed by atoms with van der Waals surface area (Å²) >= 11 is 3.47. The molecule has 0 aliphatic carbocycles. The van der Waals surface area contributed by atoms with Crippen LogP contribution >= 0.6 is 15.9 Å². The van der Waals surface area contributed by atoms with Crippen LogP contribution in [0.3, 0.4) is 0 Å². The Morgan fingerprint density at radius 3 is 2.36 bits per heavy atom. The Kier molecular flexibility index (Phi) is 4.38. The lowest BCUT2D eigenvalue weighted by Crippen LogP contribution is -2.37. The Hall–Kier alpha value is -1.37. The van der Waals surface area contributed by atoms with Gasteiger partial charge in [-0.2, -0.15) is 4.31 Å². The third kappa shape index (κ3) is 3.11. The highest BCUT2D eigenvalue weighted by Gasteiger charge is 2.45. The molecular weight excluding hydrogens is 400 g/mol. The Morgan fingerprint density at radius 1 is 1.00 bits per heavy atom. The van der Waals surface area contributed by atoms with Crippen LogP contribution in [-0.2, 0) is 10.0 Å². The highest BCUT2D eigenvalue weighted by Crippen LogP contribution is 2.37. The number of hydrogen-bond donors (Lipinski definition) is 0. The predicted molar refractivity (Wildman–Crippen MR) is 103 cm³/mol. The maximum absolute atomic E-state index is 13.0. The van der Waals surface area contributed by atoms with Crippen LogP contribution < -0.4 is 4.90 Å². The summed E-state index contributed by atoms with van der Waals surface area (Å²) in [5, 5.41) is 0. The molecule has 132 valence electrons. The first-order valence-corrected chi connectivity index (χ1v) is 10.8. The molecule has 0 amide bonds. The van der Waals surface area contributed by atoms with E-state index in [4.69, 9.17) is 0 Å². The van der Waals surface area contributed by atoms with Gasteiger partial charge < -0.3 is 4.90 Å². The van der Waals surface area contributed by atoms with Gasteiger partial charge in [-0.15, -0.1) is 0 Å². The summed E-state index contributed by atoms with van der Waals surface area (Å²) in [7, 11) is -3.41. The van der Waals surface area contributed by atoms with Gasteiger partial charge in [-0.3, -0.25) is 0 Å². The van der Waals surface area contributed by atoms with Gasteiger partial charge in [-0.25, -0.2) is 8.42 Å². The zero-order chi connectivity index (χ0) is 17.6. The van der Waals surface area contributed by atoms with Crippen molar-refractivity contribution < 1.29 is 8.42 Å². The molecule has 2 aromatic rings. The van der Waals surface area contributed by atoms with Crippen LogP contribution in [-0.4, -0.2) is 38.4 Å². The van der Waals surface area contributed by atoms with Gasteiger partial charge in [0.15, 0.2) is 0 Å². The average Bonchev–Trinajstić information content (AvgIpc) is 3.17. The summed E-state index contributed by atoms with van der Waals surface area (Å²) < 4.78 is 28.7. The fourth-order valence-electron chi connectivity index (χ4n) is 3.93. The first kappa shape index (κ1) is 17.1. The summed E-state index contributed by atoms with van der Waals surface area (Å²) in [6.45, 7) is 4.15. The van der Waals surface area contributed by atoms with Crippen molar-refractivity contribution >= 4 is 31.6 Å². The van der Waals surface area contributed by atoms with E-state index in [-0.39, 0.29) is 6.04 Å². The Morgan fingerprint density at radius 2 is 1.68 bits per heavy atom. The zero-order valence-corrected chi connectivity index (χ0v) is 16.5. The molecule has 0 aromatic heterocycles. The van der Waals surface area contributed by atoms with Crippen molar-refractivity contribution in [3.8, 4) is 0 Å². The number of rotatable bonds is 3. The van der Waals surface area contributed by atoms with E-state index in [1.54, 1.807) is 16.4 Å². The number of nitrogens with zero attached hydrogens (tertiary/aromatic N) is 2. The van der Waals surface area contributed by atoms with Crippen molar-refractivity contribution in [3.05, 3.63) is 58.6 Å². The molecule has 2 heterocycles. The maximum Gasteiger partial charge on any atom is 0.243 e. The van der Waals surface area contributed by atoms with Crippen molar-refractivity contribution in [2.75, 3.05) is 24.5 Å². The first-order chi connectivity index (χ1) is 11.9. The largest absolute Gasteiger partial charge is 0.367 e. The standard InChI is InChI=1S/C19H21BrN2O2S/c1-14-2-8-18(9-3-14)25(23,24)21-12-15-10-11-22(19(15)13-21)17-6-4-16(20)5-7-17/h2-9,15,19H,10-13H2,1H3/t15-,19+/m1/s1. The summed E-state index contributed by atoms with van der Waals surface area (Å²) in [6.07, 6.45) is 1.04. The molecule has 2 atom stereocenters. The molecule has 0 saturated carbocycles. The van der Waals surface area contributed by atoms with Crippen LogP contribution in [0.25, 0.3) is 0 Å². The third-order valence-corrected chi connectivity index (χ3v) is 7.71. The number of fused-ring (bicyclic) bond motifs is 1. The molecule has 2 aliphatic rings. The van der Waals surface area contributed by atoms with Crippen LogP contribution in [0.1, 0.15) is 12.0 Å². The molecule has 0 spiro atoms. The molecular formula is C19H21BrN2O2S. The lowest BCUT2D eigenvalue weighted by molar-refractivity contribution is 0.451. The van der Waals surface area contributed by atoms with Crippen molar-refractivity contribution in [2.24, 2.45) is 5.92 Å². The van der Waals surface area contributed by atoms with Crippen LogP contribution in [0.5, 0.6) is 0 Å². The van der Waals surface area contributed by atoms with Crippen LogP contribution in [0.15, 0.2) is 57.9 Å². The number of sulfonamides is 1. The van der Waals surface area contributed by atoms with Gasteiger partial charge >= 0.3 is 0 Å². The van der Waals surface area contributed by atoms with Crippen LogP contribution in [0, 0.1) is 12.8 Å². The Balaban J connectivity index is 1.56. The van der Waals surface area contributed by atoms with Gasteiger partial charge in [0, 0.05) is 35.8 Å². The molecule has 2 saturated heterocycles. The number of anilines is 1. The summed E-state index contributed by atoms with van der Waals surface area (Å²) in [5.74, 6) is 0.406. The van der Waals surface area contributed by atoms with E-state index in [9.17, 15) is 8.42 Å². The van der Waals surface area contributed by atoms with Gasteiger partial charge in [0.25, 0.3) is 0 Å². The highest BCUT2D eigenvalue weighted by molar-refractivity contribution is 9.10. The minimum absolute atomic E-state index is 0.265. The van der Waals surface area contributed by atoms with E-state index in [0.29, 0.717) is 23.9 Å². The van der Waals surface area contributed by atoms with E-state index in [1.807, 2.05) is 31.2 Å². The lowest BCUT2D eigenvalue weighted by Gasteiger charge is -2.27. The maximum atomic E-state index is 13.0. The van der Waals surface area contributed by atoms with Gasteiger partial charge in [0.1, 0.15) is 0 Å². The molecule has 4 nitrogen and oxygen atoms in total. The number of benzene rings is 2. The lowest BCUT2D eigenvalue weighted by atomic mass is 10.1. The fourth-order valence-corrected chi connectivity index (χ4v) is 5.71. The van der Waals surface area contributed by atoms with Crippen molar-refractivity contribution in [1.82, 2.24) is 4.31 Å². The Bertz CT molecular complexity index is 865. The molecule has 0 radical (unpaired) electrons. The number of aryl methyl sites for hydroxylation is 1. The van der Waals surface area contributed by atoms with Crippen molar-refractivity contribution in [2.45, 2.75) is 24.3 Å². The summed E-state index contributed by atoms with van der Waals surface area (Å²) in [5.41, 5.74) is 2.24. The molecule has 2 aromatic carbocycles. The third-order valence-electron chi connectivity index (χ3n) is 5.33. The number of halogens is 1. The SMILES string of the molecule is Cc1ccc(S(=O)(=O)N2C[C@H]3CCN(c4ccc(Br)cc4)[C@H]3C2)cc1. The average molecular weight is 421 g/mol. The quantitative estimate of drug-likeness (QED) is 0.760. The topological polar surface area (TPSA) is 40.6 Å². The second kappa shape index (κ2) is 6.41. The Labute approximate surface area is 157 Å². The molecule has 4 rings (SSSR count). The molecule has 0 unspecified atom stereocenters. The van der Waals surface area contributed by atoms with E-state index in [0.717, 1.165) is 23.0 Å². The molecule has 2 fully saturated rings. The molecule has 6 heteroatoms. The second-order valence-corrected chi connectivity index (χ2v) is 9.77. The van der Waals surface area contributed by atoms with Gasteiger partial charge in [-0.1, -0.05) is 33.6 Å². The highest BCUT2D eigenvalue weighted by atomic mass is 79.9. The second-order valence-electron chi connectivity index (χ2n) is 6.92. The smallest absolute Gasteiger partial charge is 0.243 e. The van der Waals surface area contributed by atoms with Crippen LogP contribution in [0.4, 0.5) is 5.69 Å². The van der Waals surface area contributed by atoms with E-state index in [1.165, 1.54) is 5.69 Å². The zero-order valence-electron chi connectivity index (χ0n) is 14.1. The fraction of sp³-hybridized carbons (Fsp3) is 0.368. The van der Waals surface area contributed by atoms with E-state index in [2.05, 4.69) is 33.0 Å². The minimum Gasteiger partial charge on any atom is -0.367 e. The first-order valence-electron chi connectivity index (χ1n) is 8.54. The number of hydrogen-bond acceptors (Lipinski definition) is 3. The minimum atomic E-state index is -3.41. The van der Waals surface area contributed by atoms with E-state index >= 15 is 0 Å². The molecule has 0 bridgehead atoms. The van der Waals surface area contributed by atoms with Crippen molar-refractivity contribution in [3.63, 3.8) is 0 Å². The van der Waals surface area contributed by atoms with Crippen LogP contribution in [0.2, 0.25) is 0 Å². The van der Waals surface area contributed by atoms with Gasteiger partial charge in [0.05, 0.1) is 4.90 Å². The summed E-state index contributed by atoms with van der Waals surface area (Å²) in [6, 6.07) is 15.7. The molecule has 0 N–H and O–H groups in total. The van der Waals surface area contributed by atoms with Gasteiger partial charge in [0.2, 0.25) is 10.0 Å². The van der Waals surface area contributed by atoms with Gasteiger partial charge in [-0.05, 0) is 55.7 Å². The van der Waals surface area contributed by atoms with Crippen molar-refractivity contribution in [1.29, 1.82) is 0 Å². The monoisotopic (exact) mass is 420 g/mol. The van der Waals surface area contributed by atoms with E-state index < -0.39 is 10.0 Å². The summed E-state index contributed by atoms with van der Waals surface area (Å²) in [4.78, 5) is 2.76. The molecule has 25 heavy (non-hydrogen) atoms. The predicted octanol–water partition coefficient (Wildman–Crippen LogP) is 3.66.